The quantitative estimate of drug-likeness (QED) is 0.896. The number of nitrogens with zero attached hydrogens (tertiary/aromatic N) is 1. The fourth-order valence-corrected chi connectivity index (χ4v) is 1.90. The highest BCUT2D eigenvalue weighted by molar-refractivity contribution is 5.35. The van der Waals surface area contributed by atoms with Crippen LogP contribution in [0.3, 0.4) is 0 Å². The standard InChI is InChI=1S/C15H18N2O/c1-11-7-12(2)9-14(8-11)18-15-4-3-13(5-6-16)10-17-15/h3-4,7-10H,5-6,16H2,1-2H3. The lowest BCUT2D eigenvalue weighted by atomic mass is 10.1. The van der Waals surface area contributed by atoms with Crippen LogP contribution in [0.5, 0.6) is 11.6 Å². The lowest BCUT2D eigenvalue weighted by molar-refractivity contribution is 0.462. The first-order valence-corrected chi connectivity index (χ1v) is 6.08. The number of ether oxygens (including phenoxy) is 1. The van der Waals surface area contributed by atoms with Crippen LogP contribution in [0.1, 0.15) is 16.7 Å². The van der Waals surface area contributed by atoms with Gasteiger partial charge in [-0.25, -0.2) is 4.98 Å². The van der Waals surface area contributed by atoms with Crippen molar-refractivity contribution in [1.29, 1.82) is 0 Å². The van der Waals surface area contributed by atoms with Crippen LogP contribution in [0.15, 0.2) is 36.5 Å². The predicted octanol–water partition coefficient (Wildman–Crippen LogP) is 2.99. The topological polar surface area (TPSA) is 48.1 Å². The van der Waals surface area contributed by atoms with Crippen molar-refractivity contribution in [3.05, 3.63) is 53.2 Å². The van der Waals surface area contributed by atoms with Crippen LogP contribution in [0.4, 0.5) is 0 Å². The minimum atomic E-state index is 0.612. The summed E-state index contributed by atoms with van der Waals surface area (Å²) in [5.41, 5.74) is 9.00. The highest BCUT2D eigenvalue weighted by Crippen LogP contribution is 2.22. The Balaban J connectivity index is 2.13. The Bertz CT molecular complexity index is 500. The minimum Gasteiger partial charge on any atom is -0.439 e. The third-order valence-electron chi connectivity index (χ3n) is 2.65. The number of pyridine rings is 1. The van der Waals surface area contributed by atoms with Gasteiger partial charge < -0.3 is 10.5 Å². The van der Waals surface area contributed by atoms with Gasteiger partial charge in [0, 0.05) is 12.3 Å². The molecule has 2 N–H and O–H groups in total. The first kappa shape index (κ1) is 12.6. The Morgan fingerprint density at radius 2 is 1.83 bits per heavy atom. The smallest absolute Gasteiger partial charge is 0.219 e. The molecule has 0 fully saturated rings. The molecule has 2 rings (SSSR count). The summed E-state index contributed by atoms with van der Waals surface area (Å²) < 4.78 is 5.73. The molecule has 0 aliphatic heterocycles. The van der Waals surface area contributed by atoms with E-state index in [1.54, 1.807) is 0 Å². The SMILES string of the molecule is Cc1cc(C)cc(Oc2ccc(CCN)cn2)c1. The van der Waals surface area contributed by atoms with Gasteiger partial charge in [0.15, 0.2) is 0 Å². The molecule has 0 bridgehead atoms. The van der Waals surface area contributed by atoms with Crippen molar-refractivity contribution in [3.8, 4) is 11.6 Å². The van der Waals surface area contributed by atoms with Gasteiger partial charge in [-0.15, -0.1) is 0 Å². The Morgan fingerprint density at radius 1 is 1.11 bits per heavy atom. The molecule has 1 heterocycles. The van der Waals surface area contributed by atoms with Crippen LogP contribution in [0, 0.1) is 13.8 Å². The van der Waals surface area contributed by atoms with Gasteiger partial charge in [-0.3, -0.25) is 0 Å². The van der Waals surface area contributed by atoms with E-state index in [-0.39, 0.29) is 0 Å². The second-order valence-corrected chi connectivity index (χ2v) is 4.47. The molecule has 3 nitrogen and oxygen atoms in total. The Hall–Kier alpha value is -1.87. The van der Waals surface area contributed by atoms with Crippen LogP contribution in [0.2, 0.25) is 0 Å². The van der Waals surface area contributed by atoms with E-state index in [0.29, 0.717) is 12.4 Å². The summed E-state index contributed by atoms with van der Waals surface area (Å²) in [6.45, 7) is 4.74. The van der Waals surface area contributed by atoms with Gasteiger partial charge in [-0.05, 0) is 55.6 Å². The monoisotopic (exact) mass is 242 g/mol. The zero-order chi connectivity index (χ0) is 13.0. The number of benzene rings is 1. The highest BCUT2D eigenvalue weighted by atomic mass is 16.5. The number of aromatic nitrogens is 1. The van der Waals surface area contributed by atoms with E-state index in [1.807, 2.05) is 30.5 Å². The van der Waals surface area contributed by atoms with Gasteiger partial charge in [0.1, 0.15) is 5.75 Å². The molecule has 0 saturated carbocycles. The van der Waals surface area contributed by atoms with Gasteiger partial charge in [0.05, 0.1) is 0 Å². The van der Waals surface area contributed by atoms with E-state index >= 15 is 0 Å². The average Bonchev–Trinajstić information content (AvgIpc) is 2.31. The third-order valence-corrected chi connectivity index (χ3v) is 2.65. The number of hydrogen-bond acceptors (Lipinski definition) is 3. The van der Waals surface area contributed by atoms with Crippen LogP contribution >= 0.6 is 0 Å². The molecular weight excluding hydrogens is 224 g/mol. The molecule has 1 aromatic heterocycles. The molecule has 0 spiro atoms. The number of aryl methyl sites for hydroxylation is 2. The molecule has 0 aliphatic carbocycles. The van der Waals surface area contributed by atoms with E-state index in [0.717, 1.165) is 17.7 Å². The molecule has 1 aromatic carbocycles. The number of nitrogens with two attached hydrogens (primary N) is 1. The van der Waals surface area contributed by atoms with Crippen LogP contribution in [0.25, 0.3) is 0 Å². The first-order chi connectivity index (χ1) is 8.67. The molecule has 0 unspecified atom stereocenters. The second kappa shape index (κ2) is 5.65. The summed E-state index contributed by atoms with van der Waals surface area (Å²) in [4.78, 5) is 4.27. The Morgan fingerprint density at radius 3 is 2.39 bits per heavy atom. The van der Waals surface area contributed by atoms with E-state index in [1.165, 1.54) is 11.1 Å². The maximum Gasteiger partial charge on any atom is 0.219 e. The van der Waals surface area contributed by atoms with Gasteiger partial charge >= 0.3 is 0 Å². The van der Waals surface area contributed by atoms with Crippen LogP contribution in [-0.2, 0) is 6.42 Å². The normalized spacial score (nSPS) is 10.4. The summed E-state index contributed by atoms with van der Waals surface area (Å²) >= 11 is 0. The van der Waals surface area contributed by atoms with E-state index in [2.05, 4.69) is 24.9 Å². The van der Waals surface area contributed by atoms with Crippen molar-refractivity contribution in [2.75, 3.05) is 6.54 Å². The zero-order valence-electron chi connectivity index (χ0n) is 10.8. The summed E-state index contributed by atoms with van der Waals surface area (Å²) in [5.74, 6) is 1.44. The van der Waals surface area contributed by atoms with Gasteiger partial charge in [-0.1, -0.05) is 12.1 Å². The molecule has 0 aliphatic rings. The lowest BCUT2D eigenvalue weighted by Gasteiger charge is -2.07. The molecule has 2 aromatic rings. The van der Waals surface area contributed by atoms with E-state index < -0.39 is 0 Å². The fourth-order valence-electron chi connectivity index (χ4n) is 1.90. The summed E-state index contributed by atoms with van der Waals surface area (Å²) in [5, 5.41) is 0. The second-order valence-electron chi connectivity index (χ2n) is 4.47. The van der Waals surface area contributed by atoms with Crippen molar-refractivity contribution < 1.29 is 4.74 Å². The molecule has 0 amide bonds. The first-order valence-electron chi connectivity index (χ1n) is 6.08. The Labute approximate surface area is 108 Å². The van der Waals surface area contributed by atoms with Crippen molar-refractivity contribution >= 4 is 0 Å². The molecule has 0 atom stereocenters. The molecular formula is C15H18N2O. The third kappa shape index (κ3) is 3.31. The molecule has 0 radical (unpaired) electrons. The molecule has 3 heteroatoms. The maximum absolute atomic E-state index is 5.73. The van der Waals surface area contributed by atoms with Crippen molar-refractivity contribution in [1.82, 2.24) is 4.98 Å². The van der Waals surface area contributed by atoms with Gasteiger partial charge in [-0.2, -0.15) is 0 Å². The maximum atomic E-state index is 5.73. The van der Waals surface area contributed by atoms with Crippen LogP contribution in [-0.4, -0.2) is 11.5 Å². The largest absolute Gasteiger partial charge is 0.439 e. The summed E-state index contributed by atoms with van der Waals surface area (Å²) in [6, 6.07) is 10.00. The number of hydrogen-bond donors (Lipinski definition) is 1. The fraction of sp³-hybridized carbons (Fsp3) is 0.267. The predicted molar refractivity (Wildman–Crippen MR) is 73.0 cm³/mol. The van der Waals surface area contributed by atoms with E-state index in [9.17, 15) is 0 Å². The Kier molecular flexibility index (Phi) is 3.95. The van der Waals surface area contributed by atoms with Crippen LogP contribution < -0.4 is 10.5 Å². The van der Waals surface area contributed by atoms with E-state index in [4.69, 9.17) is 10.5 Å². The molecule has 0 saturated heterocycles. The van der Waals surface area contributed by atoms with Gasteiger partial charge in [0.2, 0.25) is 5.88 Å². The molecule has 18 heavy (non-hydrogen) atoms. The number of rotatable bonds is 4. The zero-order valence-corrected chi connectivity index (χ0v) is 10.8. The minimum absolute atomic E-state index is 0.612. The highest BCUT2D eigenvalue weighted by Gasteiger charge is 2.01. The summed E-state index contributed by atoms with van der Waals surface area (Å²) in [7, 11) is 0. The summed E-state index contributed by atoms with van der Waals surface area (Å²) in [6.07, 6.45) is 2.65. The van der Waals surface area contributed by atoms with Gasteiger partial charge in [0.25, 0.3) is 0 Å². The van der Waals surface area contributed by atoms with Crippen molar-refractivity contribution in [3.63, 3.8) is 0 Å². The van der Waals surface area contributed by atoms with Crippen molar-refractivity contribution in [2.45, 2.75) is 20.3 Å². The van der Waals surface area contributed by atoms with Crippen molar-refractivity contribution in [2.24, 2.45) is 5.73 Å². The molecule has 94 valence electrons. The average molecular weight is 242 g/mol. The lowest BCUT2D eigenvalue weighted by Crippen LogP contribution is -2.02.